The molecular formula is C6H14N3O3+. The number of primary amides is 1. The average Bonchev–Trinajstić information content (AvgIpc) is 1.97. The van der Waals surface area contributed by atoms with E-state index in [4.69, 9.17) is 10.8 Å². The zero-order valence-electron chi connectivity index (χ0n) is 6.75. The van der Waals surface area contributed by atoms with Crippen LogP contribution in [0.15, 0.2) is 0 Å². The van der Waals surface area contributed by atoms with Gasteiger partial charge in [0, 0.05) is 13.0 Å². The molecule has 1 unspecified atom stereocenters. The number of urea groups is 1. The number of carbonyl (C=O) groups excluding carboxylic acids is 1. The molecule has 6 heteroatoms. The fraction of sp³-hybridized carbons (Fsp3) is 0.667. The maximum atomic E-state index is 10.3. The van der Waals surface area contributed by atoms with Crippen molar-refractivity contribution in [3.8, 4) is 0 Å². The summed E-state index contributed by atoms with van der Waals surface area (Å²) in [5.74, 6) is -0.922. The molecule has 0 aliphatic carbocycles. The topological polar surface area (TPSA) is 120 Å². The molecule has 0 saturated carbocycles. The number of rotatable bonds is 5. The van der Waals surface area contributed by atoms with E-state index in [0.29, 0.717) is 19.4 Å². The number of hydrogen-bond donors (Lipinski definition) is 4. The number of aliphatic carboxylic acids is 1. The first-order valence-corrected chi connectivity index (χ1v) is 3.63. The first-order chi connectivity index (χ1) is 5.54. The molecule has 12 heavy (non-hydrogen) atoms. The molecular weight excluding hydrogens is 162 g/mol. The summed E-state index contributed by atoms with van der Waals surface area (Å²) in [5, 5.41) is 10.8. The highest BCUT2D eigenvalue weighted by molar-refractivity contribution is 5.72. The normalized spacial score (nSPS) is 12.1. The summed E-state index contributed by atoms with van der Waals surface area (Å²) >= 11 is 0. The van der Waals surface area contributed by atoms with Crippen LogP contribution in [0, 0.1) is 0 Å². The summed E-state index contributed by atoms with van der Waals surface area (Å²) in [4.78, 5) is 20.4. The van der Waals surface area contributed by atoms with Gasteiger partial charge in [0.2, 0.25) is 0 Å². The van der Waals surface area contributed by atoms with Crippen LogP contribution in [0.2, 0.25) is 0 Å². The zero-order chi connectivity index (χ0) is 9.56. The molecule has 0 spiro atoms. The van der Waals surface area contributed by atoms with Gasteiger partial charge in [-0.3, -0.25) is 0 Å². The highest BCUT2D eigenvalue weighted by Crippen LogP contribution is 1.90. The Morgan fingerprint density at radius 1 is 1.58 bits per heavy atom. The van der Waals surface area contributed by atoms with E-state index in [1.54, 1.807) is 0 Å². The Kier molecular flexibility index (Phi) is 4.78. The highest BCUT2D eigenvalue weighted by atomic mass is 16.4. The van der Waals surface area contributed by atoms with Crippen molar-refractivity contribution in [1.29, 1.82) is 0 Å². The van der Waals surface area contributed by atoms with Crippen LogP contribution >= 0.6 is 0 Å². The number of carboxylic acid groups (broad SMARTS) is 1. The Labute approximate surface area is 69.9 Å². The van der Waals surface area contributed by atoms with E-state index in [2.05, 4.69) is 11.1 Å². The minimum atomic E-state index is -0.922. The Balaban J connectivity index is 3.31. The van der Waals surface area contributed by atoms with E-state index in [1.807, 2.05) is 0 Å². The molecule has 0 aromatic carbocycles. The highest BCUT2D eigenvalue weighted by Gasteiger charge is 2.13. The van der Waals surface area contributed by atoms with Crippen molar-refractivity contribution < 1.29 is 20.4 Å². The van der Waals surface area contributed by atoms with Crippen LogP contribution < -0.4 is 16.8 Å². The number of carbonyl (C=O) groups is 2. The molecule has 1 atom stereocenters. The number of nitrogens with two attached hydrogens (primary N) is 1. The van der Waals surface area contributed by atoms with Crippen LogP contribution in [0.1, 0.15) is 12.8 Å². The van der Waals surface area contributed by atoms with Crippen molar-refractivity contribution in [3.05, 3.63) is 0 Å². The fourth-order valence-electron chi connectivity index (χ4n) is 0.684. The van der Waals surface area contributed by atoms with E-state index >= 15 is 0 Å². The molecule has 0 aliphatic heterocycles. The van der Waals surface area contributed by atoms with Gasteiger partial charge in [0.05, 0.1) is 0 Å². The quantitative estimate of drug-likeness (QED) is 0.367. The summed E-state index contributed by atoms with van der Waals surface area (Å²) in [6.07, 6.45) is 1.01. The molecule has 0 rings (SSSR count). The average molecular weight is 176 g/mol. The zero-order valence-corrected chi connectivity index (χ0v) is 6.75. The van der Waals surface area contributed by atoms with Gasteiger partial charge in [-0.05, 0) is 6.42 Å². The van der Waals surface area contributed by atoms with Crippen molar-refractivity contribution in [2.24, 2.45) is 5.73 Å². The number of quaternary nitrogens is 1. The van der Waals surface area contributed by atoms with Gasteiger partial charge in [-0.15, -0.1) is 0 Å². The molecule has 0 fully saturated rings. The van der Waals surface area contributed by atoms with Crippen molar-refractivity contribution in [1.82, 2.24) is 5.32 Å². The van der Waals surface area contributed by atoms with E-state index in [9.17, 15) is 9.59 Å². The predicted molar refractivity (Wildman–Crippen MR) is 41.1 cm³/mol. The fourth-order valence-corrected chi connectivity index (χ4v) is 0.684. The van der Waals surface area contributed by atoms with Crippen LogP contribution in [-0.2, 0) is 4.79 Å². The minimum absolute atomic E-state index is 0.397. The molecule has 0 bridgehead atoms. The largest absolute Gasteiger partial charge is 0.477 e. The van der Waals surface area contributed by atoms with Gasteiger partial charge in [-0.25, -0.2) is 9.59 Å². The summed E-state index contributed by atoms with van der Waals surface area (Å²) in [6, 6.07) is -1.20. The van der Waals surface area contributed by atoms with Crippen molar-refractivity contribution >= 4 is 12.0 Å². The summed E-state index contributed by atoms with van der Waals surface area (Å²) < 4.78 is 0. The molecule has 7 N–H and O–H groups in total. The lowest BCUT2D eigenvalue weighted by Crippen LogP contribution is -2.64. The van der Waals surface area contributed by atoms with Crippen LogP contribution in [0.3, 0.4) is 0 Å². The van der Waals surface area contributed by atoms with E-state index in [0.717, 1.165) is 0 Å². The van der Waals surface area contributed by atoms with Gasteiger partial charge in [-0.2, -0.15) is 0 Å². The second-order valence-electron chi connectivity index (χ2n) is 2.47. The third-order valence-electron chi connectivity index (χ3n) is 1.38. The van der Waals surface area contributed by atoms with Gasteiger partial charge >= 0.3 is 12.0 Å². The molecule has 0 aliphatic rings. The van der Waals surface area contributed by atoms with Gasteiger partial charge in [-0.1, -0.05) is 0 Å². The maximum Gasteiger partial charge on any atom is 0.362 e. The Bertz CT molecular complexity index is 171. The number of hydrogen-bond acceptors (Lipinski definition) is 2. The second kappa shape index (κ2) is 5.36. The summed E-state index contributed by atoms with van der Waals surface area (Å²) in [5.41, 5.74) is 8.20. The second-order valence-corrected chi connectivity index (χ2v) is 2.47. The maximum absolute atomic E-state index is 10.3. The summed E-state index contributed by atoms with van der Waals surface area (Å²) in [6.45, 7) is 0.397. The lowest BCUT2D eigenvalue weighted by atomic mass is 10.2. The third-order valence-corrected chi connectivity index (χ3v) is 1.38. The molecule has 6 nitrogen and oxygen atoms in total. The first-order valence-electron chi connectivity index (χ1n) is 3.63. The molecule has 2 amide bonds. The first kappa shape index (κ1) is 10.7. The number of amides is 2. The predicted octanol–water partition coefficient (Wildman–Crippen LogP) is -1.87. The van der Waals surface area contributed by atoms with Gasteiger partial charge in [0.15, 0.2) is 6.04 Å². The molecule has 0 aromatic heterocycles. The van der Waals surface area contributed by atoms with Gasteiger partial charge in [0.1, 0.15) is 0 Å². The van der Waals surface area contributed by atoms with Crippen LogP contribution in [0.5, 0.6) is 0 Å². The van der Waals surface area contributed by atoms with Crippen LogP contribution in [-0.4, -0.2) is 29.7 Å². The number of carboxylic acids is 1. The van der Waals surface area contributed by atoms with E-state index < -0.39 is 18.0 Å². The van der Waals surface area contributed by atoms with Crippen molar-refractivity contribution in [3.63, 3.8) is 0 Å². The van der Waals surface area contributed by atoms with Crippen molar-refractivity contribution in [2.45, 2.75) is 18.9 Å². The minimum Gasteiger partial charge on any atom is -0.477 e. The van der Waals surface area contributed by atoms with Crippen molar-refractivity contribution in [2.75, 3.05) is 6.54 Å². The lowest BCUT2D eigenvalue weighted by molar-refractivity contribution is -0.409. The molecule has 0 radical (unpaired) electrons. The lowest BCUT2D eigenvalue weighted by Gasteiger charge is -2.02. The van der Waals surface area contributed by atoms with E-state index in [1.165, 1.54) is 0 Å². The molecule has 0 heterocycles. The number of nitrogens with one attached hydrogen (secondary N) is 1. The SMILES string of the molecule is NC(=O)NCCCC([NH3+])C(=O)O. The third kappa shape index (κ3) is 5.48. The van der Waals surface area contributed by atoms with Gasteiger partial charge < -0.3 is 21.9 Å². The Hall–Kier alpha value is -1.30. The van der Waals surface area contributed by atoms with E-state index in [-0.39, 0.29) is 0 Å². The summed E-state index contributed by atoms with van der Waals surface area (Å²) in [7, 11) is 0. The monoisotopic (exact) mass is 176 g/mol. The van der Waals surface area contributed by atoms with Gasteiger partial charge in [0.25, 0.3) is 0 Å². The smallest absolute Gasteiger partial charge is 0.362 e. The van der Waals surface area contributed by atoms with Crippen LogP contribution in [0.4, 0.5) is 4.79 Å². The van der Waals surface area contributed by atoms with Crippen LogP contribution in [0.25, 0.3) is 0 Å². The Morgan fingerprint density at radius 2 is 2.17 bits per heavy atom. The molecule has 0 aromatic rings. The molecule has 0 saturated heterocycles. The standard InChI is InChI=1S/C6H13N3O3/c7-4(5(10)11)2-1-3-9-6(8)12/h4H,1-3,7H2,(H,10,11)(H3,8,9,12)/p+1. The molecule has 70 valence electrons. The Morgan fingerprint density at radius 3 is 2.58 bits per heavy atom.